The molecule has 0 aliphatic carbocycles. The summed E-state index contributed by atoms with van der Waals surface area (Å²) < 4.78 is 10.00. The minimum atomic E-state index is -1.36. The first-order valence-corrected chi connectivity index (χ1v) is 11.1. The number of esters is 1. The van der Waals surface area contributed by atoms with Crippen LogP contribution in [-0.4, -0.2) is 76.9 Å². The van der Waals surface area contributed by atoms with Crippen molar-refractivity contribution < 1.29 is 38.9 Å². The van der Waals surface area contributed by atoms with Crippen LogP contribution >= 0.6 is 0 Å². The Hall–Kier alpha value is -3.34. The lowest BCUT2D eigenvalue weighted by Crippen LogP contribution is -2.54. The fraction of sp³-hybridized carbons (Fsp3) is 0.565. The molecule has 0 fully saturated rings. The Morgan fingerprint density at radius 2 is 1.71 bits per heavy atom. The minimum absolute atomic E-state index is 0.0163. The van der Waals surface area contributed by atoms with Crippen LogP contribution in [0.4, 0.5) is 4.79 Å². The molecule has 3 amide bonds. The van der Waals surface area contributed by atoms with Crippen LogP contribution in [0, 0.1) is 0 Å². The fourth-order valence-corrected chi connectivity index (χ4v) is 3.05. The number of benzene rings is 1. The van der Waals surface area contributed by atoms with Gasteiger partial charge < -0.3 is 35.2 Å². The molecule has 190 valence electrons. The largest absolute Gasteiger partial charge is 0.508 e. The van der Waals surface area contributed by atoms with Gasteiger partial charge in [-0.3, -0.25) is 14.4 Å². The number of carbonyl (C=O) groups excluding carboxylic acids is 4. The Labute approximate surface area is 199 Å². The number of alkyl carbamates (subject to hydrolysis) is 1. The molecule has 0 radical (unpaired) electrons. The molecule has 1 aromatic rings. The summed E-state index contributed by atoms with van der Waals surface area (Å²) in [4.78, 5) is 51.3. The number of nitrogens with one attached hydrogen (secondary N) is 2. The standard InChI is InChI=1S/C23H35N3O8/c1-6-26(21(31)17(14-27)25-22(32)34-23(3,4)5)19(15-8-10-16(28)11-9-15)20(30)24-13-12-18(29)33-7-2/h8-11,17,19,27-28H,6-7,12-14H2,1-5H3,(H,24,30)(H,25,32). The Morgan fingerprint density at radius 1 is 1.09 bits per heavy atom. The van der Waals surface area contributed by atoms with Crippen LogP contribution in [-0.2, 0) is 23.9 Å². The third-order valence-electron chi connectivity index (χ3n) is 4.50. The topological polar surface area (TPSA) is 154 Å². The Kier molecular flexibility index (Phi) is 11.3. The van der Waals surface area contributed by atoms with Gasteiger partial charge in [-0.2, -0.15) is 0 Å². The van der Waals surface area contributed by atoms with Crippen LogP contribution in [0.1, 0.15) is 52.6 Å². The number of rotatable bonds is 11. The van der Waals surface area contributed by atoms with Crippen LogP contribution < -0.4 is 10.6 Å². The smallest absolute Gasteiger partial charge is 0.408 e. The highest BCUT2D eigenvalue weighted by Gasteiger charge is 2.35. The highest BCUT2D eigenvalue weighted by molar-refractivity contribution is 5.92. The summed E-state index contributed by atoms with van der Waals surface area (Å²) in [5, 5.41) is 24.3. The SMILES string of the molecule is CCOC(=O)CCNC(=O)C(c1ccc(O)cc1)N(CC)C(=O)C(CO)NC(=O)OC(C)(C)C. The number of phenols is 1. The number of aliphatic hydroxyl groups excluding tert-OH is 1. The van der Waals surface area contributed by atoms with E-state index in [0.717, 1.165) is 0 Å². The summed E-state index contributed by atoms with van der Waals surface area (Å²) in [6, 6.07) is 3.19. The lowest BCUT2D eigenvalue weighted by molar-refractivity contribution is -0.144. The number of hydrogen-bond donors (Lipinski definition) is 4. The zero-order valence-corrected chi connectivity index (χ0v) is 20.3. The van der Waals surface area contributed by atoms with E-state index in [2.05, 4.69) is 10.6 Å². The van der Waals surface area contributed by atoms with Crippen molar-refractivity contribution in [3.8, 4) is 5.75 Å². The first-order chi connectivity index (χ1) is 15.9. The lowest BCUT2D eigenvalue weighted by atomic mass is 10.0. The number of amides is 3. The van der Waals surface area contributed by atoms with Crippen LogP contribution in [0.2, 0.25) is 0 Å². The van der Waals surface area contributed by atoms with Gasteiger partial charge in [-0.15, -0.1) is 0 Å². The van der Waals surface area contributed by atoms with E-state index in [0.29, 0.717) is 5.56 Å². The first kappa shape index (κ1) is 28.7. The van der Waals surface area contributed by atoms with Crippen molar-refractivity contribution >= 4 is 23.9 Å². The van der Waals surface area contributed by atoms with Crippen LogP contribution in [0.15, 0.2) is 24.3 Å². The van der Waals surface area contributed by atoms with Crippen molar-refractivity contribution in [3.05, 3.63) is 29.8 Å². The maximum atomic E-state index is 13.3. The van der Waals surface area contributed by atoms with Crippen molar-refractivity contribution in [3.63, 3.8) is 0 Å². The number of aromatic hydroxyl groups is 1. The molecular formula is C23H35N3O8. The van der Waals surface area contributed by atoms with E-state index in [9.17, 15) is 29.4 Å². The highest BCUT2D eigenvalue weighted by Crippen LogP contribution is 2.24. The molecule has 11 nitrogen and oxygen atoms in total. The molecule has 1 rings (SSSR count). The van der Waals surface area contributed by atoms with Crippen molar-refractivity contribution in [2.24, 2.45) is 0 Å². The molecule has 0 aliphatic heterocycles. The average molecular weight is 482 g/mol. The van der Waals surface area contributed by atoms with Gasteiger partial charge in [-0.1, -0.05) is 12.1 Å². The van der Waals surface area contributed by atoms with Gasteiger partial charge >= 0.3 is 12.1 Å². The molecule has 0 aliphatic rings. The Balaban J connectivity index is 3.14. The van der Waals surface area contributed by atoms with E-state index in [1.165, 1.54) is 29.2 Å². The highest BCUT2D eigenvalue weighted by atomic mass is 16.6. The maximum Gasteiger partial charge on any atom is 0.408 e. The van der Waals surface area contributed by atoms with Gasteiger partial charge in [-0.25, -0.2) is 4.79 Å². The van der Waals surface area contributed by atoms with E-state index in [1.807, 2.05) is 0 Å². The molecule has 11 heteroatoms. The summed E-state index contributed by atoms with van der Waals surface area (Å²) in [5.74, 6) is -1.80. The molecule has 0 bridgehead atoms. The molecule has 1 aromatic carbocycles. The van der Waals surface area contributed by atoms with Crippen molar-refractivity contribution in [2.75, 3.05) is 26.3 Å². The van der Waals surface area contributed by atoms with Crippen molar-refractivity contribution in [1.29, 1.82) is 0 Å². The van der Waals surface area contributed by atoms with Gasteiger partial charge in [0.15, 0.2) is 0 Å². The normalized spacial score (nSPS) is 12.8. The molecule has 0 spiro atoms. The summed E-state index contributed by atoms with van der Waals surface area (Å²) in [6.07, 6.45) is -0.947. The van der Waals surface area contributed by atoms with Crippen molar-refractivity contribution in [1.82, 2.24) is 15.5 Å². The number of hydrogen-bond acceptors (Lipinski definition) is 8. The molecule has 2 atom stereocenters. The number of carbonyl (C=O) groups is 4. The molecule has 0 heterocycles. The van der Waals surface area contributed by atoms with E-state index in [1.54, 1.807) is 34.6 Å². The van der Waals surface area contributed by atoms with E-state index in [-0.39, 0.29) is 31.9 Å². The summed E-state index contributed by atoms with van der Waals surface area (Å²) in [7, 11) is 0. The fourth-order valence-electron chi connectivity index (χ4n) is 3.05. The monoisotopic (exact) mass is 481 g/mol. The van der Waals surface area contributed by atoms with E-state index >= 15 is 0 Å². The molecule has 2 unspecified atom stereocenters. The predicted octanol–water partition coefficient (Wildman–Crippen LogP) is 1.24. The molecule has 4 N–H and O–H groups in total. The zero-order valence-electron chi connectivity index (χ0n) is 20.3. The quantitative estimate of drug-likeness (QED) is 0.344. The second-order valence-electron chi connectivity index (χ2n) is 8.35. The predicted molar refractivity (Wildman–Crippen MR) is 123 cm³/mol. The Bertz CT molecular complexity index is 836. The van der Waals surface area contributed by atoms with Gasteiger partial charge in [0.1, 0.15) is 23.4 Å². The Morgan fingerprint density at radius 3 is 2.21 bits per heavy atom. The maximum absolute atomic E-state index is 13.3. The molecule has 0 saturated carbocycles. The van der Waals surface area contributed by atoms with Crippen LogP contribution in [0.3, 0.4) is 0 Å². The molecular weight excluding hydrogens is 446 g/mol. The third kappa shape index (κ3) is 9.26. The summed E-state index contributed by atoms with van der Waals surface area (Å²) in [5.41, 5.74) is -0.430. The van der Waals surface area contributed by atoms with Gasteiger partial charge in [0.2, 0.25) is 11.8 Å². The van der Waals surface area contributed by atoms with Gasteiger partial charge in [0.25, 0.3) is 0 Å². The molecule has 0 saturated heterocycles. The minimum Gasteiger partial charge on any atom is -0.508 e. The number of nitrogens with zero attached hydrogens (tertiary/aromatic N) is 1. The van der Waals surface area contributed by atoms with Crippen molar-refractivity contribution in [2.45, 2.75) is 58.7 Å². The first-order valence-electron chi connectivity index (χ1n) is 11.1. The number of likely N-dealkylation sites (N-methyl/N-ethyl adjacent to an activating group) is 1. The van der Waals surface area contributed by atoms with Crippen LogP contribution in [0.25, 0.3) is 0 Å². The summed E-state index contributed by atoms with van der Waals surface area (Å²) >= 11 is 0. The number of ether oxygens (including phenoxy) is 2. The van der Waals surface area contributed by atoms with Crippen LogP contribution in [0.5, 0.6) is 5.75 Å². The van der Waals surface area contributed by atoms with Gasteiger partial charge in [0.05, 0.1) is 19.6 Å². The lowest BCUT2D eigenvalue weighted by Gasteiger charge is -2.33. The van der Waals surface area contributed by atoms with E-state index < -0.39 is 48.2 Å². The van der Waals surface area contributed by atoms with E-state index in [4.69, 9.17) is 9.47 Å². The zero-order chi connectivity index (χ0) is 25.9. The molecule has 0 aromatic heterocycles. The average Bonchev–Trinajstić information content (AvgIpc) is 2.75. The van der Waals surface area contributed by atoms with Gasteiger partial charge in [-0.05, 0) is 52.3 Å². The summed E-state index contributed by atoms with van der Waals surface area (Å²) in [6.45, 7) is 7.81. The second-order valence-corrected chi connectivity index (χ2v) is 8.35. The molecule has 34 heavy (non-hydrogen) atoms. The number of aliphatic hydroxyl groups is 1. The third-order valence-corrected chi connectivity index (χ3v) is 4.50. The van der Waals surface area contributed by atoms with Gasteiger partial charge in [0, 0.05) is 13.1 Å². The second kappa shape index (κ2) is 13.4. The number of phenolic OH excluding ortho intramolecular Hbond substituents is 1.